The van der Waals surface area contributed by atoms with Crippen LogP contribution in [-0.2, 0) is 23.5 Å². The molecular weight excluding hydrogens is 253 g/mol. The summed E-state index contributed by atoms with van der Waals surface area (Å²) < 4.78 is 8.34. The predicted molar refractivity (Wildman–Crippen MR) is 13.2 cm³/mol. The molecule has 0 aromatic carbocycles. The maximum Gasteiger partial charge on any atom is 0 e. The second kappa shape index (κ2) is 28.5. The molecule has 28 valence electrons. The fourth-order valence-corrected chi connectivity index (χ4v) is 0. The van der Waals surface area contributed by atoms with Gasteiger partial charge in [0.25, 0.3) is 0 Å². The molecule has 0 fully saturated rings. The van der Waals surface area contributed by atoms with Crippen LogP contribution in [0.5, 0.6) is 0 Å². The second-order valence-electron chi connectivity index (χ2n) is 0. The molecule has 0 saturated carbocycles. The van der Waals surface area contributed by atoms with Crippen molar-refractivity contribution in [2.75, 3.05) is 0 Å². The summed E-state index contributed by atoms with van der Waals surface area (Å²) in [6, 6.07) is 0. The van der Waals surface area contributed by atoms with Crippen molar-refractivity contribution in [3.63, 3.8) is 0 Å². The quantitative estimate of drug-likeness (QED) is 0.564. The van der Waals surface area contributed by atoms with Crippen molar-refractivity contribution < 1.29 is 23.5 Å². The van der Waals surface area contributed by atoms with Crippen molar-refractivity contribution in [1.29, 1.82) is 0 Å². The molecule has 0 aromatic rings. The second-order valence-corrected chi connectivity index (χ2v) is 0. The molecule has 0 aromatic heterocycles. The minimum atomic E-state index is 0. The monoisotopic (exact) mass is 258 g/mol. The van der Waals surface area contributed by atoms with Crippen molar-refractivity contribution in [3.05, 3.63) is 0 Å². The zero-order valence-electron chi connectivity index (χ0n) is 1.22. The Morgan fingerprint density at radius 1 is 1.25 bits per heavy atom. The standard InChI is InChI=1S/CH4.O.Pd.Sn/h1H4;;;. The van der Waals surface area contributed by atoms with Gasteiger partial charge < -0.3 is 0 Å². The van der Waals surface area contributed by atoms with Crippen LogP contribution in [0.15, 0.2) is 0 Å². The number of rotatable bonds is 0. The minimum Gasteiger partial charge on any atom is 0 e. The molecule has 0 heterocycles. The summed E-state index contributed by atoms with van der Waals surface area (Å²) in [7, 11) is 0. The average Bonchev–Trinajstić information content (AvgIpc) is 1.00. The van der Waals surface area contributed by atoms with Crippen molar-refractivity contribution in [3.8, 4) is 0 Å². The normalized spacial score (nSPS) is 1.00. The van der Waals surface area contributed by atoms with E-state index < -0.39 is 0 Å². The molecule has 0 atom stereocenters. The van der Waals surface area contributed by atoms with Crippen LogP contribution in [0.1, 0.15) is 7.43 Å². The van der Waals surface area contributed by atoms with Gasteiger partial charge in [-0.05, 0) is 0 Å². The first-order valence-corrected chi connectivity index (χ1v) is 1.37. The van der Waals surface area contributed by atoms with Crippen LogP contribution in [0.25, 0.3) is 0 Å². The molecule has 0 saturated heterocycles. The number of hydrogen-bond donors (Lipinski definition) is 0. The Morgan fingerprint density at radius 2 is 1.25 bits per heavy atom. The first-order chi connectivity index (χ1) is 1.00. The van der Waals surface area contributed by atoms with Gasteiger partial charge in [-0.2, -0.15) is 0 Å². The van der Waals surface area contributed by atoms with E-state index in [4.69, 9.17) is 3.08 Å². The summed E-state index contributed by atoms with van der Waals surface area (Å²) in [6.45, 7) is 0. The molecule has 0 aliphatic carbocycles. The van der Waals surface area contributed by atoms with E-state index in [-0.39, 0.29) is 27.8 Å². The Bertz CT molecular complexity index is 8.00. The topological polar surface area (TPSA) is 17.1 Å². The van der Waals surface area contributed by atoms with Crippen LogP contribution >= 0.6 is 0 Å². The number of hydrogen-bond acceptors (Lipinski definition) is 1. The first kappa shape index (κ1) is 18.7. The minimum absolute atomic E-state index is 0. The van der Waals surface area contributed by atoms with Crippen LogP contribution in [0, 0.1) is 0 Å². The van der Waals surface area contributed by atoms with E-state index >= 15 is 0 Å². The largest absolute Gasteiger partial charge is 0 e. The molecule has 0 rings (SSSR count). The van der Waals surface area contributed by atoms with Gasteiger partial charge >= 0.3 is 25.6 Å². The molecule has 3 heteroatoms. The van der Waals surface area contributed by atoms with Crippen molar-refractivity contribution >= 4 is 22.5 Å². The van der Waals surface area contributed by atoms with Crippen molar-refractivity contribution in [2.24, 2.45) is 0 Å². The molecule has 0 aliphatic rings. The predicted octanol–water partition coefficient (Wildman–Crippen LogP) is 0.134. The Hall–Kier alpha value is 1.26. The van der Waals surface area contributed by atoms with Gasteiger partial charge in [-0.25, -0.2) is 0 Å². The van der Waals surface area contributed by atoms with Gasteiger partial charge in [-0.3, -0.25) is 0 Å². The Kier molecular flexibility index (Phi) is 133. The zero-order valence-corrected chi connectivity index (χ0v) is 5.63. The molecule has 0 unspecified atom stereocenters. The Morgan fingerprint density at radius 3 is 1.25 bits per heavy atom. The Balaban J connectivity index is -0.00000000500. The fraction of sp³-hybridized carbons (Fsp3) is 1.00. The third-order valence-corrected chi connectivity index (χ3v) is 0. The van der Waals surface area contributed by atoms with E-state index in [9.17, 15) is 0 Å². The first-order valence-electron chi connectivity index (χ1n) is 0.204. The van der Waals surface area contributed by atoms with E-state index in [1.807, 2.05) is 0 Å². The van der Waals surface area contributed by atoms with Crippen LogP contribution in [0.4, 0.5) is 0 Å². The summed E-state index contributed by atoms with van der Waals surface area (Å²) in [5.74, 6) is 0. The maximum absolute atomic E-state index is 8.34. The summed E-state index contributed by atoms with van der Waals surface area (Å²) in [4.78, 5) is 0. The van der Waals surface area contributed by atoms with Gasteiger partial charge in [0.1, 0.15) is 0 Å². The van der Waals surface area contributed by atoms with E-state index in [1.165, 1.54) is 0 Å². The average molecular weight is 257 g/mol. The third-order valence-electron chi connectivity index (χ3n) is 0. The zero-order chi connectivity index (χ0) is 2.00. The van der Waals surface area contributed by atoms with E-state index in [0.29, 0.717) is 22.5 Å². The third kappa shape index (κ3) is 10.5. The van der Waals surface area contributed by atoms with E-state index in [1.54, 1.807) is 0 Å². The molecule has 0 spiro atoms. The van der Waals surface area contributed by atoms with Crippen LogP contribution in [0.3, 0.4) is 0 Å². The smallest absolute Gasteiger partial charge is 0 e. The van der Waals surface area contributed by atoms with E-state index in [0.717, 1.165) is 0 Å². The van der Waals surface area contributed by atoms with Gasteiger partial charge in [0, 0.05) is 20.4 Å². The maximum atomic E-state index is 8.34. The summed E-state index contributed by atoms with van der Waals surface area (Å²) in [5.41, 5.74) is 0. The molecular formula is CH4OPdSn. The van der Waals surface area contributed by atoms with Gasteiger partial charge in [0.2, 0.25) is 0 Å². The summed E-state index contributed by atoms with van der Waals surface area (Å²) in [5, 5.41) is 0. The molecule has 2 radical (unpaired) electrons. The van der Waals surface area contributed by atoms with Gasteiger partial charge in [0.05, 0.1) is 0 Å². The summed E-state index contributed by atoms with van der Waals surface area (Å²) >= 11 is 0.300. The molecule has 0 amide bonds. The Labute approximate surface area is 53.3 Å². The van der Waals surface area contributed by atoms with Crippen LogP contribution in [0.2, 0.25) is 0 Å². The van der Waals surface area contributed by atoms with Crippen LogP contribution in [-0.4, -0.2) is 22.5 Å². The van der Waals surface area contributed by atoms with Crippen LogP contribution < -0.4 is 0 Å². The SMILES string of the molecule is C.[O]=[Sn].[Pd]. The molecule has 0 N–H and O–H groups in total. The molecule has 0 aliphatic heterocycles. The van der Waals surface area contributed by atoms with Gasteiger partial charge in [-0.1, -0.05) is 7.43 Å². The molecule has 4 heavy (non-hydrogen) atoms. The van der Waals surface area contributed by atoms with Crippen molar-refractivity contribution in [2.45, 2.75) is 7.43 Å². The van der Waals surface area contributed by atoms with Gasteiger partial charge in [-0.15, -0.1) is 0 Å². The van der Waals surface area contributed by atoms with E-state index in [2.05, 4.69) is 0 Å². The van der Waals surface area contributed by atoms with Gasteiger partial charge in [0.15, 0.2) is 0 Å². The molecule has 1 nitrogen and oxygen atoms in total. The van der Waals surface area contributed by atoms with Crippen molar-refractivity contribution in [1.82, 2.24) is 0 Å². The summed E-state index contributed by atoms with van der Waals surface area (Å²) in [6.07, 6.45) is 0. The fourth-order valence-electron chi connectivity index (χ4n) is 0. The molecule has 0 bridgehead atoms.